The number of pyridine rings is 1. The van der Waals surface area contributed by atoms with Crippen molar-refractivity contribution in [2.75, 3.05) is 7.11 Å². The van der Waals surface area contributed by atoms with Gasteiger partial charge in [-0.05, 0) is 13.0 Å². The molecule has 0 aromatic carbocycles. The van der Waals surface area contributed by atoms with E-state index in [0.717, 1.165) is 16.9 Å². The second-order valence-corrected chi connectivity index (χ2v) is 4.13. The zero-order valence-electron chi connectivity index (χ0n) is 10.5. The fourth-order valence-electron chi connectivity index (χ4n) is 1.99. The molecule has 0 aliphatic heterocycles. The van der Waals surface area contributed by atoms with Crippen molar-refractivity contribution in [3.63, 3.8) is 0 Å². The van der Waals surface area contributed by atoms with E-state index in [1.807, 2.05) is 13.1 Å². The molecule has 19 heavy (non-hydrogen) atoms. The van der Waals surface area contributed by atoms with E-state index in [9.17, 15) is 4.79 Å². The highest BCUT2D eigenvalue weighted by Crippen LogP contribution is 2.24. The van der Waals surface area contributed by atoms with Gasteiger partial charge in [0.1, 0.15) is 17.6 Å². The van der Waals surface area contributed by atoms with E-state index in [2.05, 4.69) is 10.1 Å². The van der Waals surface area contributed by atoms with Crippen molar-refractivity contribution in [2.24, 2.45) is 0 Å². The lowest BCUT2D eigenvalue weighted by molar-refractivity contribution is 0.0600. The lowest BCUT2D eigenvalue weighted by Gasteiger charge is -2.04. The van der Waals surface area contributed by atoms with E-state index in [1.54, 1.807) is 22.7 Å². The Bertz CT molecular complexity index is 744. The van der Waals surface area contributed by atoms with Crippen LogP contribution in [0.4, 0.5) is 0 Å². The van der Waals surface area contributed by atoms with E-state index in [0.29, 0.717) is 11.3 Å². The topological polar surface area (TPSA) is 69.6 Å². The van der Waals surface area contributed by atoms with Crippen LogP contribution < -0.4 is 0 Å². The van der Waals surface area contributed by atoms with Crippen molar-refractivity contribution in [3.05, 3.63) is 42.0 Å². The van der Waals surface area contributed by atoms with Gasteiger partial charge in [0.2, 0.25) is 0 Å². The minimum atomic E-state index is -0.405. The van der Waals surface area contributed by atoms with Crippen molar-refractivity contribution < 1.29 is 14.1 Å². The number of hydrogen-bond donors (Lipinski definition) is 0. The largest absolute Gasteiger partial charge is 0.465 e. The van der Waals surface area contributed by atoms with Gasteiger partial charge in [0, 0.05) is 24.0 Å². The SMILES string of the molecule is COC(=O)c1cc(-c2ccon2)c2nc(C)cn2c1. The Morgan fingerprint density at radius 3 is 2.95 bits per heavy atom. The first-order chi connectivity index (χ1) is 9.19. The molecule has 0 bridgehead atoms. The molecule has 6 nitrogen and oxygen atoms in total. The van der Waals surface area contributed by atoms with E-state index in [1.165, 1.54) is 13.4 Å². The Kier molecular flexibility index (Phi) is 2.56. The van der Waals surface area contributed by atoms with Crippen molar-refractivity contribution in [3.8, 4) is 11.3 Å². The number of imidazole rings is 1. The summed E-state index contributed by atoms with van der Waals surface area (Å²) in [6, 6.07) is 3.42. The molecular formula is C13H11N3O3. The molecule has 0 saturated heterocycles. The van der Waals surface area contributed by atoms with Gasteiger partial charge < -0.3 is 13.7 Å². The summed E-state index contributed by atoms with van der Waals surface area (Å²) in [5.74, 6) is -0.405. The maximum Gasteiger partial charge on any atom is 0.339 e. The fraction of sp³-hybridized carbons (Fsp3) is 0.154. The maximum atomic E-state index is 11.7. The number of rotatable bonds is 2. The molecule has 3 rings (SSSR count). The third kappa shape index (κ3) is 1.87. The van der Waals surface area contributed by atoms with Gasteiger partial charge in [0.15, 0.2) is 0 Å². The number of carbonyl (C=O) groups excluding carboxylic acids is 1. The standard InChI is InChI=1S/C13H11N3O3/c1-8-6-16-7-9(13(17)18-2)5-10(12(16)14-8)11-3-4-19-15-11/h3-7H,1-2H3. The van der Waals surface area contributed by atoms with Gasteiger partial charge in [-0.15, -0.1) is 0 Å². The second kappa shape index (κ2) is 4.24. The van der Waals surface area contributed by atoms with Crippen LogP contribution in [0.3, 0.4) is 0 Å². The third-order valence-corrected chi connectivity index (χ3v) is 2.81. The monoisotopic (exact) mass is 257 g/mol. The number of esters is 1. The average molecular weight is 257 g/mol. The van der Waals surface area contributed by atoms with Crippen LogP contribution in [-0.2, 0) is 4.74 Å². The summed E-state index contributed by atoms with van der Waals surface area (Å²) in [5.41, 5.74) is 3.36. The highest BCUT2D eigenvalue weighted by Gasteiger charge is 2.15. The van der Waals surface area contributed by atoms with Gasteiger partial charge in [-0.2, -0.15) is 0 Å². The first-order valence-corrected chi connectivity index (χ1v) is 5.67. The zero-order chi connectivity index (χ0) is 13.4. The molecule has 0 radical (unpaired) electrons. The lowest BCUT2D eigenvalue weighted by Crippen LogP contribution is -2.04. The summed E-state index contributed by atoms with van der Waals surface area (Å²) in [5, 5.41) is 3.89. The predicted molar refractivity (Wildman–Crippen MR) is 66.8 cm³/mol. The van der Waals surface area contributed by atoms with Crippen LogP contribution in [0.2, 0.25) is 0 Å². The molecular weight excluding hydrogens is 246 g/mol. The molecule has 0 aliphatic carbocycles. The highest BCUT2D eigenvalue weighted by atomic mass is 16.5. The third-order valence-electron chi connectivity index (χ3n) is 2.81. The van der Waals surface area contributed by atoms with Crippen molar-refractivity contribution in [1.29, 1.82) is 0 Å². The van der Waals surface area contributed by atoms with Gasteiger partial charge >= 0.3 is 5.97 Å². The summed E-state index contributed by atoms with van der Waals surface area (Å²) >= 11 is 0. The number of ether oxygens (including phenoxy) is 1. The summed E-state index contributed by atoms with van der Waals surface area (Å²) in [6.45, 7) is 1.89. The smallest absolute Gasteiger partial charge is 0.339 e. The number of aromatic nitrogens is 3. The van der Waals surface area contributed by atoms with Gasteiger partial charge in [-0.3, -0.25) is 0 Å². The lowest BCUT2D eigenvalue weighted by atomic mass is 10.1. The molecule has 0 fully saturated rings. The molecule has 6 heteroatoms. The van der Waals surface area contributed by atoms with E-state index >= 15 is 0 Å². The molecule has 0 unspecified atom stereocenters. The first-order valence-electron chi connectivity index (χ1n) is 5.67. The first kappa shape index (κ1) is 11.5. The number of methoxy groups -OCH3 is 1. The number of nitrogens with zero attached hydrogens (tertiary/aromatic N) is 3. The summed E-state index contributed by atoms with van der Waals surface area (Å²) in [6.07, 6.45) is 5.00. The molecule has 3 heterocycles. The molecule has 96 valence electrons. The van der Waals surface area contributed by atoms with Crippen LogP contribution in [0.15, 0.2) is 35.3 Å². The van der Waals surface area contributed by atoms with Crippen molar-refractivity contribution in [2.45, 2.75) is 6.92 Å². The summed E-state index contributed by atoms with van der Waals surface area (Å²) < 4.78 is 11.4. The number of carbonyl (C=O) groups is 1. The zero-order valence-corrected chi connectivity index (χ0v) is 10.5. The van der Waals surface area contributed by atoms with E-state index in [-0.39, 0.29) is 0 Å². The van der Waals surface area contributed by atoms with Crippen LogP contribution in [0.5, 0.6) is 0 Å². The summed E-state index contributed by atoms with van der Waals surface area (Å²) in [7, 11) is 1.35. The number of fused-ring (bicyclic) bond motifs is 1. The molecule has 3 aromatic heterocycles. The second-order valence-electron chi connectivity index (χ2n) is 4.13. The predicted octanol–water partition coefficient (Wildman–Crippen LogP) is 2.08. The Morgan fingerprint density at radius 2 is 2.26 bits per heavy atom. The Labute approximate surface area is 108 Å². The van der Waals surface area contributed by atoms with Crippen molar-refractivity contribution >= 4 is 11.6 Å². The Morgan fingerprint density at radius 1 is 1.42 bits per heavy atom. The van der Waals surface area contributed by atoms with Crippen LogP contribution in [0.1, 0.15) is 16.1 Å². The van der Waals surface area contributed by atoms with Crippen LogP contribution in [0.25, 0.3) is 16.9 Å². The van der Waals surface area contributed by atoms with Gasteiger partial charge in [0.25, 0.3) is 0 Å². The minimum absolute atomic E-state index is 0.405. The number of aryl methyl sites for hydroxylation is 1. The van der Waals surface area contributed by atoms with E-state index in [4.69, 9.17) is 9.26 Å². The number of hydrogen-bond acceptors (Lipinski definition) is 5. The Hall–Kier alpha value is -2.63. The molecule has 0 atom stereocenters. The molecule has 0 spiro atoms. The fourth-order valence-corrected chi connectivity index (χ4v) is 1.99. The Balaban J connectivity index is 2.31. The molecule has 0 aliphatic rings. The summed E-state index contributed by atoms with van der Waals surface area (Å²) in [4.78, 5) is 16.1. The van der Waals surface area contributed by atoms with Crippen molar-refractivity contribution in [1.82, 2.24) is 14.5 Å². The molecule has 0 N–H and O–H groups in total. The van der Waals surface area contributed by atoms with Crippen LogP contribution in [-0.4, -0.2) is 27.6 Å². The van der Waals surface area contributed by atoms with Gasteiger partial charge in [-0.1, -0.05) is 5.16 Å². The highest BCUT2D eigenvalue weighted by molar-refractivity contribution is 5.92. The minimum Gasteiger partial charge on any atom is -0.465 e. The van der Waals surface area contributed by atoms with Crippen LogP contribution in [0, 0.1) is 6.92 Å². The molecule has 0 saturated carbocycles. The average Bonchev–Trinajstić information content (AvgIpc) is 3.04. The van der Waals surface area contributed by atoms with Crippen LogP contribution >= 0.6 is 0 Å². The van der Waals surface area contributed by atoms with E-state index < -0.39 is 5.97 Å². The normalized spacial score (nSPS) is 10.8. The van der Waals surface area contributed by atoms with Gasteiger partial charge in [-0.25, -0.2) is 9.78 Å². The maximum absolute atomic E-state index is 11.7. The van der Waals surface area contributed by atoms with Gasteiger partial charge in [0.05, 0.1) is 18.4 Å². The molecule has 0 amide bonds. The molecule has 3 aromatic rings. The quantitative estimate of drug-likeness (QED) is 0.657.